The van der Waals surface area contributed by atoms with E-state index in [1.54, 1.807) is 13.3 Å². The van der Waals surface area contributed by atoms with Crippen LogP contribution in [0.15, 0.2) is 58.3 Å². The standard InChI is InChI=1S/C21H25N5O/c1-15-4-8-18(9-5-15)20-26-19(14-27-20)13-25-21(22-3)23-11-10-17-7-6-16(2)24-12-17/h4-9,12,14H,10-11,13H2,1-3H3,(H2,22,23,25). The van der Waals surface area contributed by atoms with Gasteiger partial charge in [0.1, 0.15) is 6.26 Å². The summed E-state index contributed by atoms with van der Waals surface area (Å²) in [7, 11) is 1.75. The second-order valence-electron chi connectivity index (χ2n) is 6.42. The van der Waals surface area contributed by atoms with E-state index in [0.717, 1.165) is 35.9 Å². The molecule has 3 aromatic rings. The number of hydrogen-bond acceptors (Lipinski definition) is 4. The summed E-state index contributed by atoms with van der Waals surface area (Å²) in [6.45, 7) is 5.36. The van der Waals surface area contributed by atoms with Gasteiger partial charge in [-0.25, -0.2) is 4.98 Å². The Balaban J connectivity index is 1.48. The highest BCUT2D eigenvalue weighted by Crippen LogP contribution is 2.18. The number of pyridine rings is 1. The molecule has 3 rings (SSSR count). The van der Waals surface area contributed by atoms with Gasteiger partial charge in [0.15, 0.2) is 5.96 Å². The predicted molar refractivity (Wildman–Crippen MR) is 108 cm³/mol. The summed E-state index contributed by atoms with van der Waals surface area (Å²) >= 11 is 0. The van der Waals surface area contributed by atoms with E-state index in [-0.39, 0.29) is 0 Å². The lowest BCUT2D eigenvalue weighted by atomic mass is 10.1. The van der Waals surface area contributed by atoms with E-state index in [1.807, 2.05) is 43.5 Å². The highest BCUT2D eigenvalue weighted by Gasteiger charge is 2.07. The molecule has 0 amide bonds. The maximum Gasteiger partial charge on any atom is 0.226 e. The monoisotopic (exact) mass is 363 g/mol. The molecule has 0 radical (unpaired) electrons. The van der Waals surface area contributed by atoms with Crippen LogP contribution >= 0.6 is 0 Å². The van der Waals surface area contributed by atoms with Gasteiger partial charge in [-0.15, -0.1) is 0 Å². The van der Waals surface area contributed by atoms with Crippen molar-refractivity contribution in [3.63, 3.8) is 0 Å². The van der Waals surface area contributed by atoms with E-state index in [9.17, 15) is 0 Å². The van der Waals surface area contributed by atoms with Crippen LogP contribution in [0.25, 0.3) is 11.5 Å². The van der Waals surface area contributed by atoms with Crippen LogP contribution in [0.3, 0.4) is 0 Å². The largest absolute Gasteiger partial charge is 0.444 e. The lowest BCUT2D eigenvalue weighted by Crippen LogP contribution is -2.37. The third kappa shape index (κ3) is 5.41. The van der Waals surface area contributed by atoms with Crippen LogP contribution in [0.4, 0.5) is 0 Å². The zero-order chi connectivity index (χ0) is 19.1. The van der Waals surface area contributed by atoms with Gasteiger partial charge in [-0.05, 0) is 44.0 Å². The van der Waals surface area contributed by atoms with Gasteiger partial charge in [0.25, 0.3) is 0 Å². The second-order valence-corrected chi connectivity index (χ2v) is 6.42. The Morgan fingerprint density at radius 2 is 1.89 bits per heavy atom. The molecule has 0 fully saturated rings. The fourth-order valence-corrected chi connectivity index (χ4v) is 2.58. The lowest BCUT2D eigenvalue weighted by Gasteiger charge is -2.10. The van der Waals surface area contributed by atoms with Gasteiger partial charge in [0.05, 0.1) is 12.2 Å². The molecular weight excluding hydrogens is 338 g/mol. The number of nitrogens with one attached hydrogen (secondary N) is 2. The highest BCUT2D eigenvalue weighted by molar-refractivity contribution is 5.79. The second kappa shape index (κ2) is 8.98. The van der Waals surface area contributed by atoms with Crippen LogP contribution in [0.5, 0.6) is 0 Å². The molecule has 140 valence electrons. The average molecular weight is 363 g/mol. The maximum absolute atomic E-state index is 5.59. The molecule has 0 saturated heterocycles. The van der Waals surface area contributed by atoms with Gasteiger partial charge in [-0.3, -0.25) is 9.98 Å². The Morgan fingerprint density at radius 1 is 1.07 bits per heavy atom. The van der Waals surface area contributed by atoms with Crippen LogP contribution in [0, 0.1) is 13.8 Å². The van der Waals surface area contributed by atoms with E-state index in [4.69, 9.17) is 4.42 Å². The van der Waals surface area contributed by atoms with E-state index in [1.165, 1.54) is 11.1 Å². The number of rotatable bonds is 6. The number of aromatic nitrogens is 2. The van der Waals surface area contributed by atoms with Gasteiger partial charge in [-0.2, -0.15) is 0 Å². The molecule has 27 heavy (non-hydrogen) atoms. The van der Waals surface area contributed by atoms with Crippen molar-refractivity contribution in [2.75, 3.05) is 13.6 Å². The molecule has 0 atom stereocenters. The molecule has 6 heteroatoms. The van der Waals surface area contributed by atoms with Crippen molar-refractivity contribution in [3.05, 3.63) is 71.4 Å². The van der Waals surface area contributed by atoms with E-state index >= 15 is 0 Å². The van der Waals surface area contributed by atoms with Crippen molar-refractivity contribution in [2.24, 2.45) is 4.99 Å². The summed E-state index contributed by atoms with van der Waals surface area (Å²) in [5.74, 6) is 1.36. The zero-order valence-electron chi connectivity index (χ0n) is 16.0. The van der Waals surface area contributed by atoms with Gasteiger partial charge in [-0.1, -0.05) is 23.8 Å². The molecule has 0 unspecified atom stereocenters. The van der Waals surface area contributed by atoms with Gasteiger partial charge < -0.3 is 15.1 Å². The summed E-state index contributed by atoms with van der Waals surface area (Å²) in [6.07, 6.45) is 4.47. The van der Waals surface area contributed by atoms with Crippen molar-refractivity contribution < 1.29 is 4.42 Å². The lowest BCUT2D eigenvalue weighted by molar-refractivity contribution is 0.572. The number of aryl methyl sites for hydroxylation is 2. The summed E-state index contributed by atoms with van der Waals surface area (Å²) in [5.41, 5.74) is 5.24. The van der Waals surface area contributed by atoms with Crippen molar-refractivity contribution in [1.29, 1.82) is 0 Å². The van der Waals surface area contributed by atoms with Crippen molar-refractivity contribution >= 4 is 5.96 Å². The summed E-state index contributed by atoms with van der Waals surface area (Å²) < 4.78 is 5.59. The fourth-order valence-electron chi connectivity index (χ4n) is 2.58. The minimum atomic E-state index is 0.543. The first-order chi connectivity index (χ1) is 13.1. The topological polar surface area (TPSA) is 75.3 Å². The SMILES string of the molecule is CN=C(NCCc1ccc(C)nc1)NCc1coc(-c2ccc(C)cc2)n1. The molecule has 2 heterocycles. The average Bonchev–Trinajstić information content (AvgIpc) is 3.15. The number of benzene rings is 1. The minimum absolute atomic E-state index is 0.543. The number of hydrogen-bond donors (Lipinski definition) is 2. The van der Waals surface area contributed by atoms with Crippen molar-refractivity contribution in [2.45, 2.75) is 26.8 Å². The smallest absolute Gasteiger partial charge is 0.226 e. The van der Waals surface area contributed by atoms with E-state index < -0.39 is 0 Å². The van der Waals surface area contributed by atoms with Crippen LogP contribution < -0.4 is 10.6 Å². The number of guanidine groups is 1. The Labute approximate surface area is 159 Å². The third-order valence-electron chi connectivity index (χ3n) is 4.19. The first-order valence-corrected chi connectivity index (χ1v) is 9.01. The van der Waals surface area contributed by atoms with Crippen LogP contribution in [0.2, 0.25) is 0 Å². The zero-order valence-corrected chi connectivity index (χ0v) is 16.0. The van der Waals surface area contributed by atoms with Gasteiger partial charge in [0.2, 0.25) is 5.89 Å². The van der Waals surface area contributed by atoms with Gasteiger partial charge in [0, 0.05) is 31.0 Å². The van der Waals surface area contributed by atoms with Crippen LogP contribution in [-0.2, 0) is 13.0 Å². The van der Waals surface area contributed by atoms with Crippen LogP contribution in [-0.4, -0.2) is 29.5 Å². The molecule has 0 aliphatic heterocycles. The van der Waals surface area contributed by atoms with Crippen molar-refractivity contribution in [3.8, 4) is 11.5 Å². The molecule has 0 aliphatic rings. The number of nitrogens with zero attached hydrogens (tertiary/aromatic N) is 3. The van der Waals surface area contributed by atoms with Crippen LogP contribution in [0.1, 0.15) is 22.5 Å². The Hall–Kier alpha value is -3.15. The molecule has 1 aromatic carbocycles. The maximum atomic E-state index is 5.59. The predicted octanol–water partition coefficient (Wildman–Crippen LogP) is 3.26. The normalized spacial score (nSPS) is 11.4. The molecule has 0 aliphatic carbocycles. The van der Waals surface area contributed by atoms with E-state index in [0.29, 0.717) is 12.4 Å². The minimum Gasteiger partial charge on any atom is -0.444 e. The Bertz CT molecular complexity index is 882. The highest BCUT2D eigenvalue weighted by atomic mass is 16.3. The molecule has 0 bridgehead atoms. The van der Waals surface area contributed by atoms with Crippen molar-refractivity contribution in [1.82, 2.24) is 20.6 Å². The number of oxazole rings is 1. The summed E-state index contributed by atoms with van der Waals surface area (Å²) in [6, 6.07) is 12.2. The molecule has 2 aromatic heterocycles. The molecular formula is C21H25N5O. The molecule has 2 N–H and O–H groups in total. The Morgan fingerprint density at radius 3 is 2.59 bits per heavy atom. The fraction of sp³-hybridized carbons (Fsp3) is 0.286. The summed E-state index contributed by atoms with van der Waals surface area (Å²) in [4.78, 5) is 13.1. The molecule has 0 saturated carbocycles. The molecule has 0 spiro atoms. The summed E-state index contributed by atoms with van der Waals surface area (Å²) in [5, 5.41) is 6.56. The first kappa shape index (κ1) is 18.6. The first-order valence-electron chi connectivity index (χ1n) is 9.01. The number of aliphatic imine (C=N–C) groups is 1. The third-order valence-corrected chi connectivity index (χ3v) is 4.19. The van der Waals surface area contributed by atoms with Gasteiger partial charge >= 0.3 is 0 Å². The quantitative estimate of drug-likeness (QED) is 0.519. The Kier molecular flexibility index (Phi) is 6.20. The van der Waals surface area contributed by atoms with E-state index in [2.05, 4.69) is 38.6 Å². The molecule has 6 nitrogen and oxygen atoms in total.